The van der Waals surface area contributed by atoms with Crippen molar-refractivity contribution in [1.82, 2.24) is 14.9 Å². The number of nitrogens with zero attached hydrogens (tertiary/aromatic N) is 3. The van der Waals surface area contributed by atoms with Gasteiger partial charge in [-0.1, -0.05) is 11.6 Å². The van der Waals surface area contributed by atoms with Crippen LogP contribution < -0.4 is 11.1 Å². The first kappa shape index (κ1) is 13.0. The fourth-order valence-electron chi connectivity index (χ4n) is 2.03. The number of carbonyl (C=O) groups excluding carboxylic acids is 1. The molecule has 2 heterocycles. The van der Waals surface area contributed by atoms with E-state index >= 15 is 0 Å². The van der Waals surface area contributed by atoms with Crippen molar-refractivity contribution in [3.8, 4) is 0 Å². The van der Waals surface area contributed by atoms with E-state index in [9.17, 15) is 4.79 Å². The number of hydrogen-bond donors (Lipinski definition) is 2. The molecule has 0 aliphatic carbocycles. The summed E-state index contributed by atoms with van der Waals surface area (Å²) in [5.74, 6) is 0.315. The van der Waals surface area contributed by atoms with Gasteiger partial charge < -0.3 is 11.1 Å². The zero-order valence-electron chi connectivity index (χ0n) is 9.97. The fourth-order valence-corrected chi connectivity index (χ4v) is 2.12. The monoisotopic (exact) mass is 269 g/mol. The Balaban J connectivity index is 1.79. The summed E-state index contributed by atoms with van der Waals surface area (Å²) in [4.78, 5) is 21.1. The van der Waals surface area contributed by atoms with Crippen molar-refractivity contribution in [2.75, 3.05) is 25.0 Å². The zero-order chi connectivity index (χ0) is 13.0. The Morgan fingerprint density at radius 1 is 1.44 bits per heavy atom. The molecule has 0 saturated carbocycles. The van der Waals surface area contributed by atoms with Crippen LogP contribution in [0.1, 0.15) is 12.8 Å². The van der Waals surface area contributed by atoms with E-state index in [0.717, 1.165) is 25.9 Å². The van der Waals surface area contributed by atoms with Gasteiger partial charge in [0, 0.05) is 19.1 Å². The average molecular weight is 270 g/mol. The Kier molecular flexibility index (Phi) is 4.33. The van der Waals surface area contributed by atoms with Crippen LogP contribution in [0.4, 0.5) is 5.95 Å². The lowest BCUT2D eigenvalue weighted by atomic mass is 10.1. The number of aromatic nitrogens is 2. The third-order valence-corrected chi connectivity index (χ3v) is 3.12. The third kappa shape index (κ3) is 3.82. The van der Waals surface area contributed by atoms with Gasteiger partial charge in [0.15, 0.2) is 0 Å². The lowest BCUT2D eigenvalue weighted by Gasteiger charge is -2.31. The number of halogens is 1. The van der Waals surface area contributed by atoms with Crippen LogP contribution in [-0.4, -0.2) is 46.5 Å². The molecule has 0 radical (unpaired) electrons. The average Bonchev–Trinajstić information content (AvgIpc) is 2.34. The molecule has 0 aromatic carbocycles. The third-order valence-electron chi connectivity index (χ3n) is 2.92. The second kappa shape index (κ2) is 5.97. The first-order valence-electron chi connectivity index (χ1n) is 5.88. The highest BCUT2D eigenvalue weighted by Gasteiger charge is 2.20. The highest BCUT2D eigenvalue weighted by molar-refractivity contribution is 6.30. The smallest absolute Gasteiger partial charge is 0.231 e. The first-order valence-corrected chi connectivity index (χ1v) is 6.26. The molecule has 1 aliphatic heterocycles. The van der Waals surface area contributed by atoms with Crippen molar-refractivity contribution in [3.05, 3.63) is 17.4 Å². The first-order chi connectivity index (χ1) is 8.63. The molecule has 7 heteroatoms. The van der Waals surface area contributed by atoms with Gasteiger partial charge in [0.2, 0.25) is 11.9 Å². The SMILES string of the molecule is NC(=O)CN1CCC(Nc2ncc(Cl)cn2)CC1. The molecule has 6 nitrogen and oxygen atoms in total. The predicted octanol–water partition coefficient (Wildman–Crippen LogP) is 0.492. The maximum atomic E-state index is 10.8. The molecule has 1 aromatic heterocycles. The molecule has 1 saturated heterocycles. The predicted molar refractivity (Wildman–Crippen MR) is 69.3 cm³/mol. The lowest BCUT2D eigenvalue weighted by molar-refractivity contribution is -0.119. The van der Waals surface area contributed by atoms with Crippen LogP contribution in [0, 0.1) is 0 Å². The second-order valence-electron chi connectivity index (χ2n) is 4.39. The minimum absolute atomic E-state index is 0.276. The highest BCUT2D eigenvalue weighted by Crippen LogP contribution is 2.14. The number of nitrogens with two attached hydrogens (primary N) is 1. The van der Waals surface area contributed by atoms with E-state index in [0.29, 0.717) is 23.6 Å². The van der Waals surface area contributed by atoms with Crippen LogP contribution in [0.3, 0.4) is 0 Å². The summed E-state index contributed by atoms with van der Waals surface area (Å²) in [6.07, 6.45) is 5.02. The Bertz CT molecular complexity index is 402. The van der Waals surface area contributed by atoms with Crippen LogP contribution in [0.25, 0.3) is 0 Å². The molecular formula is C11H16ClN5O. The van der Waals surface area contributed by atoms with Gasteiger partial charge in [-0.05, 0) is 12.8 Å². The molecule has 0 unspecified atom stereocenters. The highest BCUT2D eigenvalue weighted by atomic mass is 35.5. The molecule has 0 bridgehead atoms. The Hall–Kier alpha value is -1.40. The van der Waals surface area contributed by atoms with Crippen molar-refractivity contribution >= 4 is 23.5 Å². The Morgan fingerprint density at radius 2 is 2.06 bits per heavy atom. The molecule has 1 aliphatic rings. The van der Waals surface area contributed by atoms with Gasteiger partial charge in [-0.3, -0.25) is 9.69 Å². The maximum Gasteiger partial charge on any atom is 0.231 e. The number of rotatable bonds is 4. The van der Waals surface area contributed by atoms with Gasteiger partial charge in [0.1, 0.15) is 0 Å². The topological polar surface area (TPSA) is 84.1 Å². The maximum absolute atomic E-state index is 10.8. The van der Waals surface area contributed by atoms with Gasteiger partial charge in [0.25, 0.3) is 0 Å². The van der Waals surface area contributed by atoms with E-state index in [2.05, 4.69) is 20.2 Å². The summed E-state index contributed by atoms with van der Waals surface area (Å²) >= 11 is 5.72. The molecule has 3 N–H and O–H groups in total. The van der Waals surface area contributed by atoms with Crippen LogP contribution >= 0.6 is 11.6 Å². The molecule has 1 fully saturated rings. The quantitative estimate of drug-likeness (QED) is 0.831. The fraction of sp³-hybridized carbons (Fsp3) is 0.545. The minimum Gasteiger partial charge on any atom is -0.369 e. The van der Waals surface area contributed by atoms with Crippen LogP contribution in [-0.2, 0) is 4.79 Å². The molecule has 1 amide bonds. The van der Waals surface area contributed by atoms with E-state index in [4.69, 9.17) is 17.3 Å². The summed E-state index contributed by atoms with van der Waals surface area (Å²) in [6, 6.07) is 0.329. The van der Waals surface area contributed by atoms with E-state index in [1.807, 2.05) is 0 Å². The van der Waals surface area contributed by atoms with E-state index in [1.54, 1.807) is 12.4 Å². The van der Waals surface area contributed by atoms with Gasteiger partial charge in [-0.2, -0.15) is 0 Å². The summed E-state index contributed by atoms with van der Waals surface area (Å²) < 4.78 is 0. The molecule has 1 aromatic rings. The summed E-state index contributed by atoms with van der Waals surface area (Å²) in [5, 5.41) is 3.78. The molecular weight excluding hydrogens is 254 g/mol. The van der Waals surface area contributed by atoms with E-state index < -0.39 is 0 Å². The van der Waals surface area contributed by atoms with Gasteiger partial charge in [-0.15, -0.1) is 0 Å². The number of likely N-dealkylation sites (tertiary alicyclic amines) is 1. The van der Waals surface area contributed by atoms with Crippen molar-refractivity contribution in [2.24, 2.45) is 5.73 Å². The molecule has 18 heavy (non-hydrogen) atoms. The largest absolute Gasteiger partial charge is 0.369 e. The number of hydrogen-bond acceptors (Lipinski definition) is 5. The molecule has 0 atom stereocenters. The van der Waals surface area contributed by atoms with Crippen molar-refractivity contribution < 1.29 is 4.79 Å². The van der Waals surface area contributed by atoms with Gasteiger partial charge >= 0.3 is 0 Å². The molecule has 0 spiro atoms. The second-order valence-corrected chi connectivity index (χ2v) is 4.82. The van der Waals surface area contributed by atoms with E-state index in [-0.39, 0.29) is 5.91 Å². The van der Waals surface area contributed by atoms with Crippen LogP contribution in [0.15, 0.2) is 12.4 Å². The normalized spacial score (nSPS) is 17.6. The number of piperidine rings is 1. The van der Waals surface area contributed by atoms with E-state index in [1.165, 1.54) is 0 Å². The summed E-state index contributed by atoms with van der Waals surface area (Å²) in [7, 11) is 0. The molecule has 98 valence electrons. The van der Waals surface area contributed by atoms with Crippen molar-refractivity contribution in [2.45, 2.75) is 18.9 Å². The molecule has 2 rings (SSSR count). The number of nitrogens with one attached hydrogen (secondary N) is 1. The van der Waals surface area contributed by atoms with Gasteiger partial charge in [0.05, 0.1) is 24.0 Å². The standard InChI is InChI=1S/C11H16ClN5O/c12-8-5-14-11(15-6-8)16-9-1-3-17(4-2-9)7-10(13)18/h5-6,9H,1-4,7H2,(H2,13,18)(H,14,15,16). The van der Waals surface area contributed by atoms with Crippen molar-refractivity contribution in [1.29, 1.82) is 0 Å². The number of anilines is 1. The minimum atomic E-state index is -0.276. The number of primary amides is 1. The number of carbonyl (C=O) groups is 1. The lowest BCUT2D eigenvalue weighted by Crippen LogP contribution is -2.43. The Labute approximate surface area is 111 Å². The van der Waals surface area contributed by atoms with Crippen LogP contribution in [0.5, 0.6) is 0 Å². The summed E-state index contributed by atoms with van der Waals surface area (Å²) in [6.45, 7) is 2.05. The summed E-state index contributed by atoms with van der Waals surface area (Å²) in [5.41, 5.74) is 5.17. The van der Waals surface area contributed by atoms with Crippen LogP contribution in [0.2, 0.25) is 5.02 Å². The van der Waals surface area contributed by atoms with Gasteiger partial charge in [-0.25, -0.2) is 9.97 Å². The Morgan fingerprint density at radius 3 is 2.61 bits per heavy atom. The zero-order valence-corrected chi connectivity index (χ0v) is 10.7. The van der Waals surface area contributed by atoms with Crippen molar-refractivity contribution in [3.63, 3.8) is 0 Å². The number of amides is 1.